The van der Waals surface area contributed by atoms with Crippen LogP contribution >= 0.6 is 0 Å². The van der Waals surface area contributed by atoms with Gasteiger partial charge in [0.2, 0.25) is 0 Å². The fourth-order valence-electron chi connectivity index (χ4n) is 7.70. The normalized spacial score (nSPS) is 18.1. The van der Waals surface area contributed by atoms with Crippen LogP contribution in [0.3, 0.4) is 0 Å². The topological polar surface area (TPSA) is 136 Å². The number of carbonyl (C=O) groups excluding carboxylic acids is 3. The van der Waals surface area contributed by atoms with Gasteiger partial charge in [0.1, 0.15) is 5.92 Å². The van der Waals surface area contributed by atoms with E-state index < -0.39 is 23.3 Å². The van der Waals surface area contributed by atoms with Gasteiger partial charge in [-0.05, 0) is 98.2 Å². The highest BCUT2D eigenvalue weighted by Crippen LogP contribution is 2.52. The molecule has 2 aliphatic heterocycles. The van der Waals surface area contributed by atoms with Gasteiger partial charge in [0.05, 0.1) is 55.1 Å². The Balaban J connectivity index is 1.79. The lowest BCUT2D eigenvalue weighted by Gasteiger charge is -2.36. The molecule has 0 aromatic carbocycles. The van der Waals surface area contributed by atoms with Gasteiger partial charge >= 0.3 is 17.9 Å². The van der Waals surface area contributed by atoms with Gasteiger partial charge in [-0.15, -0.1) is 0 Å². The second-order valence-electron chi connectivity index (χ2n) is 13.4. The van der Waals surface area contributed by atoms with E-state index in [1.807, 2.05) is 45.1 Å². The Bertz CT molecular complexity index is 2270. The van der Waals surface area contributed by atoms with Gasteiger partial charge in [-0.2, -0.15) is 0 Å². The number of allylic oxidation sites excluding steroid dienone is 6. The van der Waals surface area contributed by atoms with Crippen LogP contribution in [0.25, 0.3) is 38.8 Å². The first-order valence-corrected chi connectivity index (χ1v) is 17.1. The highest BCUT2D eigenvalue weighted by atomic mass is 16.5. The third kappa shape index (κ3) is 5.82. The molecule has 0 saturated heterocycles. The van der Waals surface area contributed by atoms with Crippen molar-refractivity contribution >= 4 is 56.7 Å². The molecule has 0 amide bonds. The lowest BCUT2D eigenvalue weighted by atomic mass is 9.64. The minimum Gasteiger partial charge on any atom is -0.469 e. The van der Waals surface area contributed by atoms with Crippen molar-refractivity contribution in [3.8, 4) is 0 Å². The molecule has 2 N–H and O–H groups in total. The van der Waals surface area contributed by atoms with Gasteiger partial charge in [-0.1, -0.05) is 38.2 Å². The number of nitrogens with one attached hydrogen (secondary N) is 2. The Hall–Kier alpha value is -5.51. The van der Waals surface area contributed by atoms with Crippen molar-refractivity contribution in [1.29, 1.82) is 0 Å². The first-order valence-electron chi connectivity index (χ1n) is 17.1. The smallest absolute Gasteiger partial charge is 0.334 e. The summed E-state index contributed by atoms with van der Waals surface area (Å²) in [6, 6.07) is 8.03. The third-order valence-electron chi connectivity index (χ3n) is 10.6. The van der Waals surface area contributed by atoms with Gasteiger partial charge in [-0.25, -0.2) is 9.78 Å². The molecule has 10 heteroatoms. The molecule has 3 aliphatic rings. The number of hydrogen-bond donors (Lipinski definition) is 2. The van der Waals surface area contributed by atoms with Crippen molar-refractivity contribution in [3.05, 3.63) is 99.7 Å². The lowest BCUT2D eigenvalue weighted by Crippen LogP contribution is -2.42. The first-order chi connectivity index (χ1) is 24.4. The zero-order valence-corrected chi connectivity index (χ0v) is 30.5. The summed E-state index contributed by atoms with van der Waals surface area (Å²) in [5.41, 5.74) is 12.1. The summed E-state index contributed by atoms with van der Waals surface area (Å²) in [7, 11) is 3.99. The molecule has 5 heterocycles. The molecule has 0 spiro atoms. The maximum Gasteiger partial charge on any atom is 0.334 e. The number of rotatable bonds is 8. The van der Waals surface area contributed by atoms with E-state index in [1.54, 1.807) is 6.08 Å². The fraction of sp³-hybridized carbons (Fsp3) is 0.341. The van der Waals surface area contributed by atoms with Crippen molar-refractivity contribution in [2.75, 3.05) is 21.3 Å². The van der Waals surface area contributed by atoms with Crippen molar-refractivity contribution in [2.24, 2.45) is 5.92 Å². The van der Waals surface area contributed by atoms with Gasteiger partial charge < -0.3 is 24.2 Å². The number of aryl methyl sites for hydroxylation is 4. The highest BCUT2D eigenvalue weighted by Gasteiger charge is 2.53. The number of carbonyl (C=O) groups is 3. The number of hydrogen-bond acceptors (Lipinski definition) is 8. The molecular weight excluding hydrogens is 644 g/mol. The van der Waals surface area contributed by atoms with Crippen LogP contribution in [0.1, 0.15) is 78.6 Å². The second-order valence-corrected chi connectivity index (χ2v) is 13.4. The maximum atomic E-state index is 13.7. The highest BCUT2D eigenvalue weighted by molar-refractivity contribution is 6.02. The standard InChI is InChI=1S/C41H44N4O6/c1-10-12-25-22(4)29-17-32-24(11-2)21(3)30(42-32)18-35-28-15-13-27(39(47)50-8)38(40(48)51-9)41(28,6)36(45-35)20-31-23(5)26(14-16-37(46)49-7)34(44-31)19-33(25)43-29/h11,13,15,17-20,38,43-44H,2,10,12,14,16H2,1,3-9H3. The van der Waals surface area contributed by atoms with E-state index in [4.69, 9.17) is 24.2 Å². The Kier molecular flexibility index (Phi) is 9.46. The van der Waals surface area contributed by atoms with Crippen molar-refractivity contribution in [3.63, 3.8) is 0 Å². The molecular formula is C41H44N4O6. The first kappa shape index (κ1) is 35.3. The van der Waals surface area contributed by atoms with E-state index in [1.165, 1.54) is 26.9 Å². The number of nitrogens with zero attached hydrogens (tertiary/aromatic N) is 2. The average Bonchev–Trinajstić information content (AvgIpc) is 3.77. The minimum atomic E-state index is -1.12. The minimum absolute atomic E-state index is 0.175. The Morgan fingerprint density at radius 3 is 2.10 bits per heavy atom. The molecule has 2 unspecified atom stereocenters. The monoisotopic (exact) mass is 688 g/mol. The van der Waals surface area contributed by atoms with Crippen LogP contribution in [0.4, 0.5) is 0 Å². The predicted octanol–water partition coefficient (Wildman–Crippen LogP) is 7.35. The lowest BCUT2D eigenvalue weighted by molar-refractivity contribution is -0.149. The van der Waals surface area contributed by atoms with E-state index in [9.17, 15) is 14.4 Å². The molecule has 8 bridgehead atoms. The summed E-state index contributed by atoms with van der Waals surface area (Å²) >= 11 is 0. The summed E-state index contributed by atoms with van der Waals surface area (Å²) in [6.07, 6.45) is 7.74. The molecule has 0 radical (unpaired) electrons. The number of fused-ring (bicyclic) bond motifs is 11. The Morgan fingerprint density at radius 1 is 0.824 bits per heavy atom. The Morgan fingerprint density at radius 2 is 1.49 bits per heavy atom. The van der Waals surface area contributed by atoms with Crippen LogP contribution in [0.15, 0.2) is 54.6 Å². The summed E-state index contributed by atoms with van der Waals surface area (Å²) < 4.78 is 15.4. The van der Waals surface area contributed by atoms with E-state index in [2.05, 4.69) is 42.5 Å². The van der Waals surface area contributed by atoms with Crippen LogP contribution in [0, 0.1) is 19.8 Å². The maximum absolute atomic E-state index is 13.7. The van der Waals surface area contributed by atoms with E-state index in [0.29, 0.717) is 17.8 Å². The summed E-state index contributed by atoms with van der Waals surface area (Å²) in [5.74, 6) is -2.56. The van der Waals surface area contributed by atoms with Gasteiger partial charge in [0.25, 0.3) is 0 Å². The largest absolute Gasteiger partial charge is 0.469 e. The average molecular weight is 689 g/mol. The number of esters is 3. The van der Waals surface area contributed by atoms with E-state index in [-0.39, 0.29) is 18.0 Å². The van der Waals surface area contributed by atoms with Gasteiger partial charge in [0.15, 0.2) is 0 Å². The SMILES string of the molecule is C=CC1=C(C)c2cc3nc(cc4[nH]c(cc5[nH]c(cc1n2)c(C)c5CCC)c(CCC(=O)OC)c4C)C1(C)C3=CC=C(C(=O)OC)C1C(=O)OC. The summed E-state index contributed by atoms with van der Waals surface area (Å²) in [4.78, 5) is 56.7. The molecule has 0 fully saturated rings. The Labute approximate surface area is 297 Å². The number of aromatic nitrogens is 4. The molecule has 10 nitrogen and oxygen atoms in total. The molecule has 51 heavy (non-hydrogen) atoms. The van der Waals surface area contributed by atoms with Crippen molar-refractivity contribution in [1.82, 2.24) is 19.9 Å². The predicted molar refractivity (Wildman–Crippen MR) is 198 cm³/mol. The van der Waals surface area contributed by atoms with Gasteiger partial charge in [-0.3, -0.25) is 14.6 Å². The van der Waals surface area contributed by atoms with Gasteiger partial charge in [0, 0.05) is 34.1 Å². The molecule has 0 saturated carbocycles. The van der Waals surface area contributed by atoms with Crippen LogP contribution in [-0.2, 0) is 46.9 Å². The van der Waals surface area contributed by atoms with E-state index >= 15 is 0 Å². The number of H-pyrrole nitrogens is 2. The summed E-state index contributed by atoms with van der Waals surface area (Å²) in [6.45, 7) is 14.3. The zero-order chi connectivity index (χ0) is 36.8. The van der Waals surface area contributed by atoms with E-state index in [0.717, 1.165) is 79.7 Å². The van der Waals surface area contributed by atoms with Crippen LogP contribution in [0.2, 0.25) is 0 Å². The second kappa shape index (κ2) is 13.7. The van der Waals surface area contributed by atoms with Crippen molar-refractivity contribution in [2.45, 2.75) is 65.7 Å². The van der Waals surface area contributed by atoms with Crippen molar-refractivity contribution < 1.29 is 28.6 Å². The molecule has 6 rings (SSSR count). The number of aromatic amines is 2. The molecule has 3 aromatic heterocycles. The number of methoxy groups -OCH3 is 3. The summed E-state index contributed by atoms with van der Waals surface area (Å²) in [5, 5.41) is 0. The number of ether oxygens (including phenoxy) is 3. The molecule has 264 valence electrons. The third-order valence-corrected chi connectivity index (χ3v) is 10.6. The fourth-order valence-corrected chi connectivity index (χ4v) is 7.70. The zero-order valence-electron chi connectivity index (χ0n) is 30.5. The molecule has 3 aromatic rings. The van der Waals surface area contributed by atoms with Crippen LogP contribution in [-0.4, -0.2) is 59.2 Å². The van der Waals surface area contributed by atoms with Crippen LogP contribution < -0.4 is 0 Å². The molecule has 1 aliphatic carbocycles. The van der Waals surface area contributed by atoms with Crippen LogP contribution in [0.5, 0.6) is 0 Å². The molecule has 2 atom stereocenters. The quantitative estimate of drug-likeness (QED) is 0.185.